The minimum absolute atomic E-state index is 0.111. The van der Waals surface area contributed by atoms with Crippen LogP contribution in [0.5, 0.6) is 0 Å². The molecule has 2 aromatic carbocycles. The summed E-state index contributed by atoms with van der Waals surface area (Å²) in [6.07, 6.45) is 0.863. The summed E-state index contributed by atoms with van der Waals surface area (Å²) < 4.78 is 1.12. The summed E-state index contributed by atoms with van der Waals surface area (Å²) in [4.78, 5) is 38.8. The van der Waals surface area contributed by atoms with Crippen molar-refractivity contribution < 1.29 is 14.4 Å². The van der Waals surface area contributed by atoms with Crippen molar-refractivity contribution >= 4 is 58.6 Å². The van der Waals surface area contributed by atoms with E-state index in [9.17, 15) is 14.4 Å². The fourth-order valence-electron chi connectivity index (χ4n) is 3.09. The molecule has 3 rings (SSSR count). The number of hydrogen-bond donors (Lipinski definition) is 3. The summed E-state index contributed by atoms with van der Waals surface area (Å²) in [5, 5.41) is 4.10. The lowest BCUT2D eigenvalue weighted by Crippen LogP contribution is -2.44. The zero-order chi connectivity index (χ0) is 19.6. The average molecular weight is 407 g/mol. The molecule has 1 aliphatic heterocycles. The van der Waals surface area contributed by atoms with Gasteiger partial charge in [0.1, 0.15) is 0 Å². The van der Waals surface area contributed by atoms with Crippen molar-refractivity contribution in [1.29, 1.82) is 0 Å². The number of hydrazine groups is 1. The van der Waals surface area contributed by atoms with E-state index in [0.29, 0.717) is 46.3 Å². The van der Waals surface area contributed by atoms with Gasteiger partial charge in [-0.3, -0.25) is 25.1 Å². The Morgan fingerprint density at radius 2 is 1.96 bits per heavy atom. The third kappa shape index (κ3) is 4.08. The van der Waals surface area contributed by atoms with E-state index >= 15 is 0 Å². The maximum Gasteiger partial charge on any atom is 0.261 e. The van der Waals surface area contributed by atoms with Crippen molar-refractivity contribution in [2.45, 2.75) is 12.8 Å². The number of carbonyl (C=O) groups excluding carboxylic acids is 3. The number of thiol groups is 1. The van der Waals surface area contributed by atoms with Crippen molar-refractivity contribution in [2.75, 3.05) is 24.3 Å². The molecular formula is C18H19ClN4O3S. The smallest absolute Gasteiger partial charge is 0.261 e. The molecule has 1 heterocycles. The Morgan fingerprint density at radius 1 is 1.22 bits per heavy atom. The van der Waals surface area contributed by atoms with Gasteiger partial charge in [0.25, 0.3) is 11.8 Å². The van der Waals surface area contributed by atoms with E-state index in [2.05, 4.69) is 18.1 Å². The van der Waals surface area contributed by atoms with Crippen LogP contribution in [0.15, 0.2) is 30.3 Å². The fraction of sp³-hybridized carbons (Fsp3) is 0.278. The number of nitrogens with zero attached hydrogens (tertiary/aromatic N) is 2. The quantitative estimate of drug-likeness (QED) is 0.216. The zero-order valence-corrected chi connectivity index (χ0v) is 16.1. The highest BCUT2D eigenvalue weighted by molar-refractivity contribution is 7.77. The van der Waals surface area contributed by atoms with Gasteiger partial charge in [0.2, 0.25) is 5.91 Å². The van der Waals surface area contributed by atoms with Crippen molar-refractivity contribution in [3.63, 3.8) is 0 Å². The summed E-state index contributed by atoms with van der Waals surface area (Å²) in [7, 11) is 0. The minimum Gasteiger partial charge on any atom is -0.326 e. The van der Waals surface area contributed by atoms with Crippen LogP contribution >= 0.6 is 24.4 Å². The van der Waals surface area contributed by atoms with Crippen LogP contribution in [-0.2, 0) is 4.79 Å². The monoisotopic (exact) mass is 406 g/mol. The van der Waals surface area contributed by atoms with Gasteiger partial charge in [-0.25, -0.2) is 0 Å². The number of alkyl halides is 1. The number of imide groups is 1. The lowest BCUT2D eigenvalue weighted by atomic mass is 9.93. The standard InChI is InChI=1S/C18H19ClN4O3S/c19-6-2-5-15(24)21-12-9-11-3-1-4-13-16(11)14(10-12)18(26)22(17(13)25)7-8-23(20)27/h1,3-4,9-10,27H,2,5-8,20H2,(H,21,24). The molecule has 2 aromatic rings. The van der Waals surface area contributed by atoms with Gasteiger partial charge in [-0.1, -0.05) is 24.9 Å². The largest absolute Gasteiger partial charge is 0.326 e. The van der Waals surface area contributed by atoms with Crippen LogP contribution in [0.4, 0.5) is 5.69 Å². The number of rotatable bonds is 7. The molecule has 0 radical (unpaired) electrons. The van der Waals surface area contributed by atoms with E-state index in [1.807, 2.05) is 6.07 Å². The highest BCUT2D eigenvalue weighted by Crippen LogP contribution is 2.32. The van der Waals surface area contributed by atoms with Gasteiger partial charge < -0.3 is 5.32 Å². The van der Waals surface area contributed by atoms with Gasteiger partial charge in [-0.15, -0.1) is 11.6 Å². The van der Waals surface area contributed by atoms with Crippen LogP contribution in [0.25, 0.3) is 10.8 Å². The van der Waals surface area contributed by atoms with E-state index in [0.717, 1.165) is 9.31 Å². The molecule has 3 N–H and O–H groups in total. The Morgan fingerprint density at radius 3 is 2.67 bits per heavy atom. The first-order valence-electron chi connectivity index (χ1n) is 8.42. The number of benzene rings is 2. The predicted molar refractivity (Wildman–Crippen MR) is 108 cm³/mol. The summed E-state index contributed by atoms with van der Waals surface area (Å²) in [5.41, 5.74) is 1.33. The molecule has 0 atom stereocenters. The van der Waals surface area contributed by atoms with Crippen molar-refractivity contribution in [3.8, 4) is 0 Å². The second kappa shape index (κ2) is 8.26. The Kier molecular flexibility index (Phi) is 6.01. The van der Waals surface area contributed by atoms with E-state index in [4.69, 9.17) is 17.4 Å². The topological polar surface area (TPSA) is 95.7 Å². The van der Waals surface area contributed by atoms with E-state index in [-0.39, 0.29) is 24.9 Å². The maximum atomic E-state index is 12.9. The molecular weight excluding hydrogens is 388 g/mol. The van der Waals surface area contributed by atoms with Crippen molar-refractivity contribution in [1.82, 2.24) is 9.31 Å². The molecule has 0 unspecified atom stereocenters. The van der Waals surface area contributed by atoms with Crippen LogP contribution < -0.4 is 11.2 Å². The Labute approximate surface area is 166 Å². The van der Waals surface area contributed by atoms with Gasteiger partial charge in [0.15, 0.2) is 0 Å². The predicted octanol–water partition coefficient (Wildman–Crippen LogP) is 2.41. The van der Waals surface area contributed by atoms with Crippen LogP contribution in [0.2, 0.25) is 0 Å². The molecule has 3 amide bonds. The molecule has 9 heteroatoms. The first kappa shape index (κ1) is 19.6. The number of nitrogens with one attached hydrogen (secondary N) is 1. The Balaban J connectivity index is 2.00. The Hall–Kier alpha value is -2.13. The third-order valence-electron chi connectivity index (χ3n) is 4.30. The number of hydrogen-bond acceptors (Lipinski definition) is 6. The van der Waals surface area contributed by atoms with Crippen molar-refractivity contribution in [3.05, 3.63) is 41.5 Å². The van der Waals surface area contributed by atoms with Crippen LogP contribution in [-0.4, -0.2) is 46.0 Å². The lowest BCUT2D eigenvalue weighted by molar-refractivity contribution is -0.116. The second-order valence-electron chi connectivity index (χ2n) is 6.19. The van der Waals surface area contributed by atoms with Crippen LogP contribution in [0.1, 0.15) is 33.6 Å². The molecule has 0 spiro atoms. The molecule has 7 nitrogen and oxygen atoms in total. The van der Waals surface area contributed by atoms with Gasteiger partial charge in [-0.2, -0.15) is 4.41 Å². The number of carbonyl (C=O) groups is 3. The first-order chi connectivity index (χ1) is 12.9. The minimum atomic E-state index is -0.421. The summed E-state index contributed by atoms with van der Waals surface area (Å²) in [5.74, 6) is 4.92. The molecule has 0 aromatic heterocycles. The zero-order valence-electron chi connectivity index (χ0n) is 14.4. The van der Waals surface area contributed by atoms with Gasteiger partial charge >= 0.3 is 0 Å². The normalized spacial score (nSPS) is 13.6. The summed E-state index contributed by atoms with van der Waals surface area (Å²) in [6, 6.07) is 8.61. The molecule has 1 aliphatic rings. The molecule has 0 saturated carbocycles. The molecule has 142 valence electrons. The lowest BCUT2D eigenvalue weighted by Gasteiger charge is -2.28. The fourth-order valence-corrected chi connectivity index (χ4v) is 3.31. The molecule has 0 fully saturated rings. The average Bonchev–Trinajstić information content (AvgIpc) is 2.63. The SMILES string of the molecule is NN(S)CCN1C(=O)c2cccc3cc(NC(=O)CCCCl)cc(c23)C1=O. The molecule has 0 aliphatic carbocycles. The third-order valence-corrected chi connectivity index (χ3v) is 4.77. The van der Waals surface area contributed by atoms with E-state index in [1.165, 1.54) is 0 Å². The van der Waals surface area contributed by atoms with Crippen LogP contribution in [0.3, 0.4) is 0 Å². The highest BCUT2D eigenvalue weighted by Gasteiger charge is 2.33. The summed E-state index contributed by atoms with van der Waals surface area (Å²) in [6.45, 7) is 0.334. The van der Waals surface area contributed by atoms with E-state index in [1.54, 1.807) is 24.3 Å². The van der Waals surface area contributed by atoms with Gasteiger partial charge in [-0.05, 0) is 30.0 Å². The highest BCUT2D eigenvalue weighted by atomic mass is 35.5. The number of nitrogens with two attached hydrogens (primary N) is 1. The van der Waals surface area contributed by atoms with Gasteiger partial charge in [0.05, 0.1) is 5.56 Å². The van der Waals surface area contributed by atoms with Crippen LogP contribution in [0, 0.1) is 0 Å². The molecule has 27 heavy (non-hydrogen) atoms. The van der Waals surface area contributed by atoms with Gasteiger partial charge in [0, 0.05) is 42.0 Å². The molecule has 0 saturated heterocycles. The van der Waals surface area contributed by atoms with E-state index < -0.39 is 5.91 Å². The second-order valence-corrected chi connectivity index (χ2v) is 7.08. The Bertz CT molecular complexity index is 919. The number of anilines is 1. The van der Waals surface area contributed by atoms with Crippen molar-refractivity contribution in [2.24, 2.45) is 5.84 Å². The number of amides is 3. The molecule has 0 bridgehead atoms. The number of halogens is 1. The first-order valence-corrected chi connectivity index (χ1v) is 9.35. The maximum absolute atomic E-state index is 12.9. The summed E-state index contributed by atoms with van der Waals surface area (Å²) >= 11 is 9.57.